The van der Waals surface area contributed by atoms with Gasteiger partial charge in [0.25, 0.3) is 5.56 Å². The number of hydrogen-bond acceptors (Lipinski definition) is 4. The quantitative estimate of drug-likeness (QED) is 0.804. The number of benzene rings is 1. The first-order chi connectivity index (χ1) is 10.1. The highest BCUT2D eigenvalue weighted by Crippen LogP contribution is 2.31. The van der Waals surface area contributed by atoms with E-state index in [1.165, 1.54) is 22.2 Å². The average molecular weight is 320 g/mol. The Morgan fingerprint density at radius 3 is 2.71 bits per heavy atom. The third-order valence-corrected chi connectivity index (χ3v) is 4.18. The van der Waals surface area contributed by atoms with Crippen LogP contribution in [0.3, 0.4) is 0 Å². The Morgan fingerprint density at radius 1 is 1.33 bits per heavy atom. The number of aromatic nitrogens is 2. The van der Waals surface area contributed by atoms with E-state index in [2.05, 4.69) is 4.98 Å². The highest BCUT2D eigenvalue weighted by molar-refractivity contribution is 7.17. The van der Waals surface area contributed by atoms with Crippen LogP contribution in [-0.2, 0) is 11.3 Å². The molecule has 0 fully saturated rings. The van der Waals surface area contributed by atoms with Crippen LogP contribution in [0.4, 0.5) is 0 Å². The van der Waals surface area contributed by atoms with E-state index in [-0.39, 0.29) is 12.1 Å². The molecule has 5 nitrogen and oxygen atoms in total. The van der Waals surface area contributed by atoms with Gasteiger partial charge in [-0.2, -0.15) is 0 Å². The Bertz CT molecular complexity index is 883. The summed E-state index contributed by atoms with van der Waals surface area (Å²) in [5, 5.41) is 2.99. The fourth-order valence-corrected chi connectivity index (χ4v) is 3.12. The normalized spacial score (nSPS) is 10.9. The second-order valence-corrected chi connectivity index (χ2v) is 5.77. The van der Waals surface area contributed by atoms with E-state index in [0.29, 0.717) is 15.2 Å². The van der Waals surface area contributed by atoms with Crippen LogP contribution in [0.1, 0.15) is 0 Å². The summed E-state index contributed by atoms with van der Waals surface area (Å²) < 4.78 is 1.22. The maximum atomic E-state index is 12.5. The molecule has 3 aromatic rings. The largest absolute Gasteiger partial charge is 0.368 e. The first-order valence-electron chi connectivity index (χ1n) is 6.07. The van der Waals surface area contributed by atoms with E-state index in [1.54, 1.807) is 12.1 Å². The van der Waals surface area contributed by atoms with E-state index in [1.807, 2.05) is 17.5 Å². The van der Waals surface area contributed by atoms with Gasteiger partial charge in [0, 0.05) is 16.0 Å². The molecule has 0 spiro atoms. The minimum atomic E-state index is -0.582. The van der Waals surface area contributed by atoms with Gasteiger partial charge in [0.2, 0.25) is 5.91 Å². The molecule has 0 bridgehead atoms. The number of nitrogens with two attached hydrogens (primary N) is 1. The molecular weight excluding hydrogens is 310 g/mol. The number of primary amides is 1. The Balaban J connectivity index is 2.22. The van der Waals surface area contributed by atoms with Crippen LogP contribution < -0.4 is 11.3 Å². The molecule has 0 radical (unpaired) electrons. The lowest BCUT2D eigenvalue weighted by Gasteiger charge is -2.04. The maximum Gasteiger partial charge on any atom is 0.263 e. The van der Waals surface area contributed by atoms with Crippen molar-refractivity contribution < 1.29 is 4.79 Å². The second-order valence-electron chi connectivity index (χ2n) is 4.48. The van der Waals surface area contributed by atoms with Gasteiger partial charge in [-0.1, -0.05) is 23.7 Å². The van der Waals surface area contributed by atoms with Crippen molar-refractivity contribution in [3.05, 3.63) is 51.3 Å². The maximum absolute atomic E-state index is 12.5. The topological polar surface area (TPSA) is 78.0 Å². The summed E-state index contributed by atoms with van der Waals surface area (Å²) >= 11 is 7.26. The van der Waals surface area contributed by atoms with Gasteiger partial charge in [0.05, 0.1) is 11.7 Å². The van der Waals surface area contributed by atoms with E-state index >= 15 is 0 Å². The number of fused-ring (bicyclic) bond motifs is 1. The Hall–Kier alpha value is -2.18. The molecule has 1 amide bonds. The number of carbonyl (C=O) groups is 1. The minimum absolute atomic E-state index is 0.183. The van der Waals surface area contributed by atoms with Gasteiger partial charge in [-0.3, -0.25) is 14.2 Å². The number of carbonyl (C=O) groups excluding carboxylic acids is 1. The highest BCUT2D eigenvalue weighted by atomic mass is 35.5. The van der Waals surface area contributed by atoms with Crippen LogP contribution in [-0.4, -0.2) is 15.5 Å². The molecule has 0 saturated carbocycles. The van der Waals surface area contributed by atoms with E-state index < -0.39 is 5.91 Å². The van der Waals surface area contributed by atoms with Crippen molar-refractivity contribution in [1.82, 2.24) is 9.55 Å². The summed E-state index contributed by atoms with van der Waals surface area (Å²) in [7, 11) is 0. The molecule has 1 aromatic carbocycles. The zero-order valence-corrected chi connectivity index (χ0v) is 12.3. The summed E-state index contributed by atoms with van der Waals surface area (Å²) in [5.41, 5.74) is 6.52. The van der Waals surface area contributed by atoms with Crippen LogP contribution in [0, 0.1) is 0 Å². The molecule has 0 unspecified atom stereocenters. The minimum Gasteiger partial charge on any atom is -0.368 e. The number of thiophene rings is 1. The third kappa shape index (κ3) is 2.55. The summed E-state index contributed by atoms with van der Waals surface area (Å²) in [4.78, 5) is 28.3. The van der Waals surface area contributed by atoms with E-state index in [4.69, 9.17) is 17.3 Å². The Morgan fingerprint density at radius 2 is 2.05 bits per heavy atom. The number of halogens is 1. The molecule has 0 atom stereocenters. The molecule has 0 aliphatic rings. The van der Waals surface area contributed by atoms with Gasteiger partial charge in [-0.05, 0) is 17.7 Å². The first kappa shape index (κ1) is 13.8. The van der Waals surface area contributed by atoms with Gasteiger partial charge in [0.1, 0.15) is 11.4 Å². The van der Waals surface area contributed by atoms with E-state index in [0.717, 1.165) is 11.1 Å². The fourth-order valence-electron chi connectivity index (χ4n) is 2.09. The van der Waals surface area contributed by atoms with Gasteiger partial charge in [0.15, 0.2) is 0 Å². The summed E-state index contributed by atoms with van der Waals surface area (Å²) in [6.07, 6.45) is 1.34. The molecule has 21 heavy (non-hydrogen) atoms. The second kappa shape index (κ2) is 5.31. The van der Waals surface area contributed by atoms with Crippen LogP contribution in [0.5, 0.6) is 0 Å². The Labute approximate surface area is 128 Å². The smallest absolute Gasteiger partial charge is 0.263 e. The molecule has 106 valence electrons. The van der Waals surface area contributed by atoms with Crippen molar-refractivity contribution in [2.75, 3.05) is 0 Å². The lowest BCUT2D eigenvalue weighted by Crippen LogP contribution is -2.28. The first-order valence-corrected chi connectivity index (χ1v) is 7.33. The molecule has 0 saturated heterocycles. The van der Waals surface area contributed by atoms with Crippen molar-refractivity contribution in [3.8, 4) is 11.1 Å². The lowest BCUT2D eigenvalue weighted by atomic mass is 10.1. The van der Waals surface area contributed by atoms with Crippen molar-refractivity contribution in [2.45, 2.75) is 6.54 Å². The zero-order valence-electron chi connectivity index (χ0n) is 10.7. The molecule has 7 heteroatoms. The standard InChI is InChI=1S/C14H10ClN3O2S/c15-9-3-1-8(2-4-9)10-6-21-13-12(10)14(20)18(7-17-13)5-11(16)19/h1-4,6-7H,5H2,(H2,16,19). The lowest BCUT2D eigenvalue weighted by molar-refractivity contribution is -0.118. The van der Waals surface area contributed by atoms with Crippen LogP contribution in [0.2, 0.25) is 5.02 Å². The molecule has 0 aliphatic carbocycles. The molecule has 3 rings (SSSR count). The number of amides is 1. The summed E-state index contributed by atoms with van der Waals surface area (Å²) in [6, 6.07) is 7.21. The van der Waals surface area contributed by atoms with E-state index in [9.17, 15) is 9.59 Å². The third-order valence-electron chi connectivity index (χ3n) is 3.04. The fraction of sp³-hybridized carbons (Fsp3) is 0.0714. The molecular formula is C14H10ClN3O2S. The summed E-state index contributed by atoms with van der Waals surface area (Å²) in [5.74, 6) is -0.582. The molecule has 0 aliphatic heterocycles. The highest BCUT2D eigenvalue weighted by Gasteiger charge is 2.13. The number of nitrogens with zero attached hydrogens (tertiary/aromatic N) is 2. The van der Waals surface area contributed by atoms with Crippen molar-refractivity contribution in [1.29, 1.82) is 0 Å². The average Bonchev–Trinajstić information content (AvgIpc) is 2.87. The van der Waals surface area contributed by atoms with Gasteiger partial charge in [-0.15, -0.1) is 11.3 Å². The molecule has 2 N–H and O–H groups in total. The number of hydrogen-bond donors (Lipinski definition) is 1. The van der Waals surface area contributed by atoms with Gasteiger partial charge < -0.3 is 5.73 Å². The van der Waals surface area contributed by atoms with Gasteiger partial charge >= 0.3 is 0 Å². The predicted octanol–water partition coefficient (Wildman–Crippen LogP) is 2.26. The Kier molecular flexibility index (Phi) is 3.48. The SMILES string of the molecule is NC(=O)Cn1cnc2scc(-c3ccc(Cl)cc3)c2c1=O. The van der Waals surface area contributed by atoms with Crippen LogP contribution in [0.25, 0.3) is 21.3 Å². The molecule has 2 aromatic heterocycles. The van der Waals surface area contributed by atoms with Crippen LogP contribution in [0.15, 0.2) is 40.8 Å². The summed E-state index contributed by atoms with van der Waals surface area (Å²) in [6.45, 7) is -0.183. The monoisotopic (exact) mass is 319 g/mol. The number of rotatable bonds is 3. The van der Waals surface area contributed by atoms with Crippen molar-refractivity contribution in [2.24, 2.45) is 5.73 Å². The van der Waals surface area contributed by atoms with Crippen molar-refractivity contribution >= 4 is 39.1 Å². The predicted molar refractivity (Wildman–Crippen MR) is 83.5 cm³/mol. The van der Waals surface area contributed by atoms with Gasteiger partial charge in [-0.25, -0.2) is 4.98 Å². The zero-order chi connectivity index (χ0) is 15.0. The van der Waals surface area contributed by atoms with Crippen molar-refractivity contribution in [3.63, 3.8) is 0 Å². The molecule has 2 heterocycles. The van der Waals surface area contributed by atoms with Crippen LogP contribution >= 0.6 is 22.9 Å².